The van der Waals surface area contributed by atoms with Gasteiger partial charge in [-0.05, 0) is 24.3 Å². The van der Waals surface area contributed by atoms with E-state index in [9.17, 15) is 0 Å². The molecule has 0 bridgehead atoms. The van der Waals surface area contributed by atoms with Crippen LogP contribution in [0, 0.1) is 0 Å². The van der Waals surface area contributed by atoms with Crippen molar-refractivity contribution in [1.29, 1.82) is 0 Å². The molecule has 144 valence electrons. The number of rotatable bonds is 4. The highest BCUT2D eigenvalue weighted by molar-refractivity contribution is 6.44. The second kappa shape index (κ2) is 7.81. The van der Waals surface area contributed by atoms with Crippen LogP contribution in [0.25, 0.3) is 22.6 Å². The third kappa shape index (κ3) is 3.66. The minimum atomic E-state index is -0.844. The van der Waals surface area contributed by atoms with E-state index in [1.807, 2.05) is 12.1 Å². The van der Waals surface area contributed by atoms with Gasteiger partial charge in [-0.1, -0.05) is 46.6 Å². The lowest BCUT2D eigenvalue weighted by molar-refractivity contribution is 0.0960. The van der Waals surface area contributed by atoms with Crippen molar-refractivity contribution < 1.29 is 9.36 Å². The fourth-order valence-electron chi connectivity index (χ4n) is 2.72. The van der Waals surface area contributed by atoms with Crippen LogP contribution in [-0.2, 0) is 4.84 Å². The van der Waals surface area contributed by atoms with Gasteiger partial charge < -0.3 is 10.3 Å². The molecule has 6 nitrogen and oxygen atoms in total. The first kappa shape index (κ1) is 19.4. The molecule has 4 rings (SSSR count). The molecule has 10 heteroatoms. The Morgan fingerprint density at radius 1 is 1.04 bits per heavy atom. The second-order valence-electron chi connectivity index (χ2n) is 5.84. The van der Waals surface area contributed by atoms with Gasteiger partial charge in [0.05, 0.1) is 15.7 Å². The van der Waals surface area contributed by atoms with Gasteiger partial charge in [-0.25, -0.2) is 9.83 Å². The smallest absolute Gasteiger partial charge is 0.223 e. The standard InChI is InChI=1S/C18H12Cl4N4O2/c19-11-5-2-6-12(20)15(11)13-8-14(27-25-13)9-3-1-4-10(7-9)26-18(23)24-17(28-26)16(21)22/h1-8,16-17H,(H2,23,24). The Balaban J connectivity index is 1.65. The summed E-state index contributed by atoms with van der Waals surface area (Å²) in [5.41, 5.74) is 8.42. The number of hydroxylamine groups is 1. The van der Waals surface area contributed by atoms with Crippen LogP contribution in [0.3, 0.4) is 0 Å². The Bertz CT molecular complexity index is 1030. The number of guanidine groups is 1. The molecule has 1 atom stereocenters. The van der Waals surface area contributed by atoms with Crippen LogP contribution in [0.4, 0.5) is 5.69 Å². The Kier molecular flexibility index (Phi) is 5.40. The highest BCUT2D eigenvalue weighted by atomic mass is 35.5. The molecule has 1 aliphatic heterocycles. The lowest BCUT2D eigenvalue weighted by Gasteiger charge is -2.18. The van der Waals surface area contributed by atoms with Crippen LogP contribution < -0.4 is 10.8 Å². The number of hydrogen-bond acceptors (Lipinski definition) is 6. The van der Waals surface area contributed by atoms with E-state index in [-0.39, 0.29) is 5.96 Å². The molecule has 1 aromatic heterocycles. The molecule has 0 saturated carbocycles. The van der Waals surface area contributed by atoms with Crippen molar-refractivity contribution in [2.24, 2.45) is 10.7 Å². The van der Waals surface area contributed by atoms with Gasteiger partial charge in [-0.2, -0.15) is 5.06 Å². The van der Waals surface area contributed by atoms with Crippen molar-refractivity contribution in [3.8, 4) is 22.6 Å². The lowest BCUT2D eigenvalue weighted by Crippen LogP contribution is -2.33. The average Bonchev–Trinajstić information content (AvgIpc) is 3.29. The molecular formula is C18H12Cl4N4O2. The third-order valence-electron chi connectivity index (χ3n) is 3.99. The molecule has 1 unspecified atom stereocenters. The lowest BCUT2D eigenvalue weighted by atomic mass is 10.1. The molecule has 2 heterocycles. The fraction of sp³-hybridized carbons (Fsp3) is 0.111. The van der Waals surface area contributed by atoms with Gasteiger partial charge in [0.15, 0.2) is 10.6 Å². The monoisotopic (exact) mass is 456 g/mol. The summed E-state index contributed by atoms with van der Waals surface area (Å²) >= 11 is 24.1. The van der Waals surface area contributed by atoms with Crippen LogP contribution >= 0.6 is 46.4 Å². The SMILES string of the molecule is NC1=NC(C(Cl)Cl)ON1c1cccc(-c2cc(-c3c(Cl)cccc3Cl)no2)c1. The number of hydrogen-bond donors (Lipinski definition) is 1. The van der Waals surface area contributed by atoms with Gasteiger partial charge in [0, 0.05) is 17.2 Å². The van der Waals surface area contributed by atoms with E-state index in [4.69, 9.17) is 61.5 Å². The van der Waals surface area contributed by atoms with Crippen LogP contribution in [0.2, 0.25) is 10.0 Å². The molecule has 0 saturated heterocycles. The summed E-state index contributed by atoms with van der Waals surface area (Å²) in [4.78, 5) is 8.81. The summed E-state index contributed by atoms with van der Waals surface area (Å²) < 4.78 is 5.49. The summed E-state index contributed by atoms with van der Waals surface area (Å²) in [6.07, 6.45) is -0.772. The minimum Gasteiger partial charge on any atom is -0.368 e. The summed E-state index contributed by atoms with van der Waals surface area (Å²) in [5, 5.41) is 6.41. The van der Waals surface area contributed by atoms with Gasteiger partial charge in [0.2, 0.25) is 12.2 Å². The second-order valence-corrected chi connectivity index (χ2v) is 7.81. The molecule has 0 fully saturated rings. The molecule has 0 radical (unpaired) electrons. The van der Waals surface area contributed by atoms with Crippen LogP contribution in [0.15, 0.2) is 58.0 Å². The first-order valence-electron chi connectivity index (χ1n) is 8.04. The molecule has 2 N–H and O–H groups in total. The first-order valence-corrected chi connectivity index (χ1v) is 9.67. The van der Waals surface area contributed by atoms with E-state index in [0.29, 0.717) is 32.8 Å². The Labute approximate surface area is 180 Å². The number of nitrogens with zero attached hydrogens (tertiary/aromatic N) is 3. The Morgan fingerprint density at radius 2 is 1.75 bits per heavy atom. The zero-order valence-electron chi connectivity index (χ0n) is 14.0. The highest BCUT2D eigenvalue weighted by Crippen LogP contribution is 2.36. The number of halogens is 4. The quantitative estimate of drug-likeness (QED) is 0.522. The Morgan fingerprint density at radius 3 is 2.43 bits per heavy atom. The summed E-state index contributed by atoms with van der Waals surface area (Å²) in [6, 6.07) is 14.3. The van der Waals surface area contributed by atoms with Crippen LogP contribution in [-0.4, -0.2) is 22.2 Å². The molecule has 3 aromatic rings. The number of anilines is 1. The van der Waals surface area contributed by atoms with Crippen molar-refractivity contribution in [3.63, 3.8) is 0 Å². The zero-order chi connectivity index (χ0) is 19.8. The molecule has 1 aliphatic rings. The van der Waals surface area contributed by atoms with Crippen molar-refractivity contribution in [1.82, 2.24) is 5.16 Å². The highest BCUT2D eigenvalue weighted by Gasteiger charge is 2.30. The van der Waals surface area contributed by atoms with E-state index in [2.05, 4.69) is 10.1 Å². The van der Waals surface area contributed by atoms with Gasteiger partial charge in [0.25, 0.3) is 0 Å². The van der Waals surface area contributed by atoms with E-state index >= 15 is 0 Å². The number of alkyl halides is 2. The van der Waals surface area contributed by atoms with Crippen LogP contribution in [0.5, 0.6) is 0 Å². The van der Waals surface area contributed by atoms with Crippen molar-refractivity contribution >= 4 is 58.1 Å². The normalized spacial score (nSPS) is 16.7. The largest absolute Gasteiger partial charge is 0.368 e. The van der Waals surface area contributed by atoms with Crippen molar-refractivity contribution in [3.05, 3.63) is 58.6 Å². The third-order valence-corrected chi connectivity index (χ3v) is 5.05. The summed E-state index contributed by atoms with van der Waals surface area (Å²) in [7, 11) is 0. The minimum absolute atomic E-state index is 0.148. The topological polar surface area (TPSA) is 76.9 Å². The van der Waals surface area contributed by atoms with Crippen molar-refractivity contribution in [2.75, 3.05) is 5.06 Å². The van der Waals surface area contributed by atoms with Crippen LogP contribution in [0.1, 0.15) is 0 Å². The summed E-state index contributed by atoms with van der Waals surface area (Å²) in [6.45, 7) is 0. The number of nitrogens with two attached hydrogens (primary N) is 1. The predicted octanol–water partition coefficient (Wildman–Crippen LogP) is 5.51. The van der Waals surface area contributed by atoms with Gasteiger partial charge in [0.1, 0.15) is 5.69 Å². The van der Waals surface area contributed by atoms with E-state index in [1.165, 1.54) is 5.06 Å². The maximum absolute atomic E-state index is 6.25. The summed E-state index contributed by atoms with van der Waals surface area (Å²) in [5.74, 6) is 0.668. The number of benzene rings is 2. The predicted molar refractivity (Wildman–Crippen MR) is 112 cm³/mol. The zero-order valence-corrected chi connectivity index (χ0v) is 17.0. The van der Waals surface area contributed by atoms with E-state index in [1.54, 1.807) is 36.4 Å². The maximum Gasteiger partial charge on any atom is 0.223 e. The Hall–Kier alpha value is -1.96. The molecular weight excluding hydrogens is 446 g/mol. The number of aromatic nitrogens is 1. The fourth-order valence-corrected chi connectivity index (χ4v) is 3.52. The average molecular weight is 458 g/mol. The first-order chi connectivity index (χ1) is 13.4. The molecule has 0 spiro atoms. The van der Waals surface area contributed by atoms with Gasteiger partial charge in [-0.3, -0.25) is 0 Å². The number of aliphatic imine (C=N–C) groups is 1. The van der Waals surface area contributed by atoms with Gasteiger partial charge in [-0.15, -0.1) is 23.2 Å². The molecule has 0 amide bonds. The van der Waals surface area contributed by atoms with Gasteiger partial charge >= 0.3 is 0 Å². The molecule has 0 aliphatic carbocycles. The maximum atomic E-state index is 6.25. The van der Waals surface area contributed by atoms with E-state index in [0.717, 1.165) is 5.56 Å². The van der Waals surface area contributed by atoms with Crippen molar-refractivity contribution in [2.45, 2.75) is 11.1 Å². The van der Waals surface area contributed by atoms with E-state index < -0.39 is 11.1 Å². The molecule has 2 aromatic carbocycles. The molecule has 28 heavy (non-hydrogen) atoms.